The van der Waals surface area contributed by atoms with Crippen molar-refractivity contribution in [1.29, 1.82) is 0 Å². The number of hydrogen-bond donors (Lipinski definition) is 0. The van der Waals surface area contributed by atoms with Crippen LogP contribution in [0.3, 0.4) is 0 Å². The summed E-state index contributed by atoms with van der Waals surface area (Å²) in [6, 6.07) is 9.72. The van der Waals surface area contributed by atoms with E-state index in [2.05, 4.69) is 12.0 Å². The minimum atomic E-state index is 0.728. The molecule has 0 N–H and O–H groups in total. The Bertz CT molecular complexity index is 434. The van der Waals surface area contributed by atoms with E-state index in [4.69, 9.17) is 11.6 Å². The van der Waals surface area contributed by atoms with Gasteiger partial charge in [-0.3, -0.25) is 0 Å². The van der Waals surface area contributed by atoms with Crippen LogP contribution < -0.4 is 0 Å². The largest absolute Gasteiger partial charge is 0.236 e. The minimum Gasteiger partial charge on any atom is -0.236 e. The first-order chi connectivity index (χ1) is 6.83. The summed E-state index contributed by atoms with van der Waals surface area (Å²) in [5.41, 5.74) is 2.11. The second kappa shape index (κ2) is 3.84. The summed E-state index contributed by atoms with van der Waals surface area (Å²) in [5, 5.41) is 4.98. The Morgan fingerprint density at radius 2 is 2.07 bits per heavy atom. The number of para-hydroxylation sites is 1. The molecule has 2 nitrogen and oxygen atoms in total. The molecule has 1 aromatic heterocycles. The summed E-state index contributed by atoms with van der Waals surface area (Å²) in [4.78, 5) is 0. The van der Waals surface area contributed by atoms with Crippen LogP contribution in [0.25, 0.3) is 5.69 Å². The van der Waals surface area contributed by atoms with Crippen molar-refractivity contribution in [2.75, 3.05) is 0 Å². The molecule has 0 aliphatic rings. The summed E-state index contributed by atoms with van der Waals surface area (Å²) < 4.78 is 1.88. The molecule has 0 radical (unpaired) electrons. The molecule has 2 aromatic rings. The quantitative estimate of drug-likeness (QED) is 0.739. The van der Waals surface area contributed by atoms with Crippen molar-refractivity contribution in [3.05, 3.63) is 47.2 Å². The van der Waals surface area contributed by atoms with Crippen LogP contribution in [-0.2, 0) is 6.42 Å². The van der Waals surface area contributed by atoms with Crippen LogP contribution in [0.2, 0.25) is 5.02 Å². The van der Waals surface area contributed by atoms with E-state index in [1.165, 1.54) is 0 Å². The van der Waals surface area contributed by atoms with Gasteiger partial charge in [-0.15, -0.1) is 0 Å². The second-order valence-corrected chi connectivity index (χ2v) is 3.45. The van der Waals surface area contributed by atoms with Crippen molar-refractivity contribution >= 4 is 11.6 Å². The van der Waals surface area contributed by atoms with Crippen molar-refractivity contribution in [2.24, 2.45) is 0 Å². The van der Waals surface area contributed by atoms with E-state index in [-0.39, 0.29) is 0 Å². The zero-order valence-corrected chi connectivity index (χ0v) is 8.70. The van der Waals surface area contributed by atoms with E-state index in [9.17, 15) is 0 Å². The molecule has 14 heavy (non-hydrogen) atoms. The summed E-state index contributed by atoms with van der Waals surface area (Å²) in [6.45, 7) is 2.10. The highest BCUT2D eigenvalue weighted by Crippen LogP contribution is 2.20. The number of nitrogens with zero attached hydrogens (tertiary/aromatic N) is 2. The first-order valence-electron chi connectivity index (χ1n) is 4.60. The van der Waals surface area contributed by atoms with Gasteiger partial charge in [0.15, 0.2) is 0 Å². The van der Waals surface area contributed by atoms with E-state index in [0.717, 1.165) is 22.8 Å². The van der Waals surface area contributed by atoms with Crippen molar-refractivity contribution < 1.29 is 0 Å². The van der Waals surface area contributed by atoms with Crippen LogP contribution in [-0.4, -0.2) is 9.78 Å². The van der Waals surface area contributed by atoms with E-state index in [1.807, 2.05) is 35.0 Å². The average molecular weight is 207 g/mol. The van der Waals surface area contributed by atoms with Crippen molar-refractivity contribution in [3.8, 4) is 5.69 Å². The molecule has 72 valence electrons. The Kier molecular flexibility index (Phi) is 2.55. The van der Waals surface area contributed by atoms with Gasteiger partial charge >= 0.3 is 0 Å². The Balaban J connectivity index is 2.54. The van der Waals surface area contributed by atoms with Gasteiger partial charge in [0.2, 0.25) is 0 Å². The molecule has 1 heterocycles. The maximum Gasteiger partial charge on any atom is 0.0834 e. The molecule has 0 atom stereocenters. The van der Waals surface area contributed by atoms with Gasteiger partial charge in [0.25, 0.3) is 0 Å². The molecule has 0 saturated heterocycles. The zero-order chi connectivity index (χ0) is 9.97. The first kappa shape index (κ1) is 9.28. The highest BCUT2D eigenvalue weighted by atomic mass is 35.5. The summed E-state index contributed by atoms with van der Waals surface area (Å²) in [7, 11) is 0. The predicted octanol–water partition coefficient (Wildman–Crippen LogP) is 3.09. The average Bonchev–Trinajstić information content (AvgIpc) is 2.66. The zero-order valence-electron chi connectivity index (χ0n) is 7.94. The van der Waals surface area contributed by atoms with Crippen LogP contribution in [0.15, 0.2) is 36.5 Å². The monoisotopic (exact) mass is 206 g/mol. The van der Waals surface area contributed by atoms with E-state index >= 15 is 0 Å². The number of aromatic nitrogens is 2. The molecule has 0 saturated carbocycles. The van der Waals surface area contributed by atoms with Crippen LogP contribution in [0.1, 0.15) is 12.6 Å². The number of halogens is 1. The van der Waals surface area contributed by atoms with Gasteiger partial charge in [-0.25, -0.2) is 4.68 Å². The smallest absolute Gasteiger partial charge is 0.0834 e. The molecule has 0 aliphatic heterocycles. The molecule has 0 spiro atoms. The predicted molar refractivity (Wildman–Crippen MR) is 58.0 cm³/mol. The topological polar surface area (TPSA) is 17.8 Å². The standard InChI is InChI=1S/C11H11ClN2/c1-2-9-7-8-13-14(9)11-6-4-3-5-10(11)12/h3-8H,2H2,1H3. The SMILES string of the molecule is CCc1ccnn1-c1ccccc1Cl. The Labute approximate surface area is 88.1 Å². The van der Waals surface area contributed by atoms with Gasteiger partial charge in [0, 0.05) is 11.9 Å². The van der Waals surface area contributed by atoms with Crippen LogP contribution >= 0.6 is 11.6 Å². The number of benzene rings is 1. The molecule has 3 heteroatoms. The normalized spacial score (nSPS) is 10.4. The lowest BCUT2D eigenvalue weighted by atomic mass is 10.3. The minimum absolute atomic E-state index is 0.728. The Morgan fingerprint density at radius 1 is 1.29 bits per heavy atom. The van der Waals surface area contributed by atoms with Crippen LogP contribution in [0.5, 0.6) is 0 Å². The van der Waals surface area contributed by atoms with Crippen molar-refractivity contribution in [1.82, 2.24) is 9.78 Å². The summed E-state index contributed by atoms with van der Waals surface area (Å²) in [5.74, 6) is 0. The fourth-order valence-corrected chi connectivity index (χ4v) is 1.65. The van der Waals surface area contributed by atoms with Gasteiger partial charge < -0.3 is 0 Å². The third-order valence-corrected chi connectivity index (χ3v) is 2.48. The van der Waals surface area contributed by atoms with E-state index in [0.29, 0.717) is 0 Å². The lowest BCUT2D eigenvalue weighted by Gasteiger charge is -2.07. The highest BCUT2D eigenvalue weighted by molar-refractivity contribution is 6.32. The van der Waals surface area contributed by atoms with Gasteiger partial charge in [-0.2, -0.15) is 5.10 Å². The second-order valence-electron chi connectivity index (χ2n) is 3.04. The van der Waals surface area contributed by atoms with Crippen LogP contribution in [0, 0.1) is 0 Å². The molecule has 0 unspecified atom stereocenters. The Hall–Kier alpha value is -1.28. The maximum atomic E-state index is 6.08. The van der Waals surface area contributed by atoms with Crippen LogP contribution in [0.4, 0.5) is 0 Å². The molecule has 2 rings (SSSR count). The Morgan fingerprint density at radius 3 is 2.79 bits per heavy atom. The lowest BCUT2D eigenvalue weighted by molar-refractivity contribution is 0.814. The fraction of sp³-hybridized carbons (Fsp3) is 0.182. The number of hydrogen-bond acceptors (Lipinski definition) is 1. The third-order valence-electron chi connectivity index (χ3n) is 2.16. The molecule has 0 fully saturated rings. The van der Waals surface area contributed by atoms with Gasteiger partial charge in [0.05, 0.1) is 10.7 Å². The lowest BCUT2D eigenvalue weighted by Crippen LogP contribution is -2.01. The van der Waals surface area contributed by atoms with Gasteiger partial charge in [-0.05, 0) is 24.6 Å². The molecule has 0 aliphatic carbocycles. The molecular weight excluding hydrogens is 196 g/mol. The van der Waals surface area contributed by atoms with E-state index < -0.39 is 0 Å². The van der Waals surface area contributed by atoms with Gasteiger partial charge in [0.1, 0.15) is 0 Å². The number of aryl methyl sites for hydroxylation is 1. The third kappa shape index (κ3) is 1.53. The van der Waals surface area contributed by atoms with Crippen molar-refractivity contribution in [2.45, 2.75) is 13.3 Å². The first-order valence-corrected chi connectivity index (χ1v) is 4.98. The summed E-state index contributed by atoms with van der Waals surface area (Å²) >= 11 is 6.08. The van der Waals surface area contributed by atoms with E-state index in [1.54, 1.807) is 6.20 Å². The number of rotatable bonds is 2. The highest BCUT2D eigenvalue weighted by Gasteiger charge is 2.05. The maximum absolute atomic E-state index is 6.08. The molecular formula is C11H11ClN2. The molecule has 1 aromatic carbocycles. The molecule has 0 bridgehead atoms. The molecule has 0 amide bonds. The van der Waals surface area contributed by atoms with Gasteiger partial charge in [-0.1, -0.05) is 30.7 Å². The van der Waals surface area contributed by atoms with Crippen molar-refractivity contribution in [3.63, 3.8) is 0 Å². The fourth-order valence-electron chi connectivity index (χ4n) is 1.44. The summed E-state index contributed by atoms with van der Waals surface area (Å²) in [6.07, 6.45) is 2.74.